The molecule has 1 aliphatic heterocycles. The summed E-state index contributed by atoms with van der Waals surface area (Å²) >= 11 is 0. The Labute approximate surface area is 137 Å². The Balaban J connectivity index is 1.61. The third-order valence-corrected chi connectivity index (χ3v) is 3.35. The zero-order chi connectivity index (χ0) is 17.1. The van der Waals surface area contributed by atoms with E-state index in [4.69, 9.17) is 14.2 Å². The number of carbonyl (C=O) groups is 2. The van der Waals surface area contributed by atoms with Crippen LogP contribution in [-0.2, 0) is 9.53 Å². The average Bonchev–Trinajstić information content (AvgIpc) is 3.02. The molecule has 0 saturated carbocycles. The SMILES string of the molecule is CC(OC(=O)c1cccc(F)c1)C(=O)Nc1ccc2c(c1)OCO2. The topological polar surface area (TPSA) is 73.9 Å². The summed E-state index contributed by atoms with van der Waals surface area (Å²) in [6.45, 7) is 1.56. The molecular weight excluding hydrogens is 317 g/mol. The third-order valence-electron chi connectivity index (χ3n) is 3.35. The predicted molar refractivity (Wildman–Crippen MR) is 82.5 cm³/mol. The van der Waals surface area contributed by atoms with E-state index in [0.717, 1.165) is 6.07 Å². The van der Waals surface area contributed by atoms with E-state index in [-0.39, 0.29) is 12.4 Å². The minimum atomic E-state index is -1.05. The van der Waals surface area contributed by atoms with Gasteiger partial charge in [-0.25, -0.2) is 9.18 Å². The first kappa shape index (κ1) is 15.8. The number of halogens is 1. The third kappa shape index (κ3) is 3.45. The van der Waals surface area contributed by atoms with Crippen LogP contribution in [0.1, 0.15) is 17.3 Å². The molecule has 0 aromatic heterocycles. The van der Waals surface area contributed by atoms with Gasteiger partial charge in [0.25, 0.3) is 5.91 Å². The van der Waals surface area contributed by atoms with E-state index < -0.39 is 23.8 Å². The van der Waals surface area contributed by atoms with Crippen molar-refractivity contribution in [3.63, 3.8) is 0 Å². The molecule has 0 spiro atoms. The highest BCUT2D eigenvalue weighted by molar-refractivity contribution is 5.97. The number of carbonyl (C=O) groups excluding carboxylic acids is 2. The largest absolute Gasteiger partial charge is 0.454 e. The lowest BCUT2D eigenvalue weighted by molar-refractivity contribution is -0.123. The lowest BCUT2D eigenvalue weighted by Gasteiger charge is -2.13. The van der Waals surface area contributed by atoms with Crippen LogP contribution in [0.2, 0.25) is 0 Å². The molecule has 124 valence electrons. The molecular formula is C17H14FNO5. The smallest absolute Gasteiger partial charge is 0.339 e. The Kier molecular flexibility index (Phi) is 4.33. The van der Waals surface area contributed by atoms with Crippen molar-refractivity contribution in [1.82, 2.24) is 0 Å². The van der Waals surface area contributed by atoms with Crippen molar-refractivity contribution >= 4 is 17.6 Å². The normalized spacial score (nSPS) is 13.2. The van der Waals surface area contributed by atoms with Crippen LogP contribution in [0.4, 0.5) is 10.1 Å². The van der Waals surface area contributed by atoms with Gasteiger partial charge in [0.2, 0.25) is 6.79 Å². The van der Waals surface area contributed by atoms with Gasteiger partial charge in [-0.3, -0.25) is 4.79 Å². The molecule has 1 unspecified atom stereocenters. The van der Waals surface area contributed by atoms with E-state index in [0.29, 0.717) is 17.2 Å². The second-order valence-corrected chi connectivity index (χ2v) is 5.12. The maximum Gasteiger partial charge on any atom is 0.339 e. The minimum Gasteiger partial charge on any atom is -0.454 e. The summed E-state index contributed by atoms with van der Waals surface area (Å²) in [6, 6.07) is 9.99. The Bertz CT molecular complexity index is 792. The molecule has 7 heteroatoms. The molecule has 1 atom stereocenters. The number of amides is 1. The molecule has 1 N–H and O–H groups in total. The van der Waals surface area contributed by atoms with Gasteiger partial charge in [-0.1, -0.05) is 6.07 Å². The number of rotatable bonds is 4. The molecule has 2 aromatic rings. The van der Waals surface area contributed by atoms with Gasteiger partial charge >= 0.3 is 5.97 Å². The van der Waals surface area contributed by atoms with Gasteiger partial charge in [0.15, 0.2) is 17.6 Å². The van der Waals surface area contributed by atoms with Crippen molar-refractivity contribution in [3.05, 3.63) is 53.8 Å². The summed E-state index contributed by atoms with van der Waals surface area (Å²) in [4.78, 5) is 24.0. The highest BCUT2D eigenvalue weighted by Gasteiger charge is 2.20. The number of nitrogens with one attached hydrogen (secondary N) is 1. The molecule has 2 aromatic carbocycles. The molecule has 0 fully saturated rings. The zero-order valence-electron chi connectivity index (χ0n) is 12.7. The monoisotopic (exact) mass is 331 g/mol. The second kappa shape index (κ2) is 6.57. The first-order valence-corrected chi connectivity index (χ1v) is 7.20. The fourth-order valence-electron chi connectivity index (χ4n) is 2.12. The van der Waals surface area contributed by atoms with Crippen LogP contribution in [-0.4, -0.2) is 24.8 Å². The van der Waals surface area contributed by atoms with Gasteiger partial charge in [-0.05, 0) is 37.3 Å². The Hall–Kier alpha value is -3.09. The molecule has 0 saturated heterocycles. The highest BCUT2D eigenvalue weighted by atomic mass is 19.1. The van der Waals surface area contributed by atoms with Crippen LogP contribution >= 0.6 is 0 Å². The van der Waals surface area contributed by atoms with Crippen LogP contribution in [0.3, 0.4) is 0 Å². The van der Waals surface area contributed by atoms with E-state index >= 15 is 0 Å². The first-order chi connectivity index (χ1) is 11.5. The average molecular weight is 331 g/mol. The number of esters is 1. The van der Waals surface area contributed by atoms with Crippen LogP contribution < -0.4 is 14.8 Å². The van der Waals surface area contributed by atoms with E-state index in [9.17, 15) is 14.0 Å². The number of benzene rings is 2. The van der Waals surface area contributed by atoms with Crippen molar-refractivity contribution < 1.29 is 28.2 Å². The molecule has 1 heterocycles. The summed E-state index contributed by atoms with van der Waals surface area (Å²) < 4.78 is 28.6. The molecule has 0 bridgehead atoms. The number of ether oxygens (including phenoxy) is 3. The van der Waals surface area contributed by atoms with Crippen LogP contribution in [0.15, 0.2) is 42.5 Å². The summed E-state index contributed by atoms with van der Waals surface area (Å²) in [6.07, 6.45) is -1.05. The van der Waals surface area contributed by atoms with Crippen LogP contribution in [0, 0.1) is 5.82 Å². The van der Waals surface area contributed by atoms with Gasteiger partial charge in [-0.2, -0.15) is 0 Å². The summed E-state index contributed by atoms with van der Waals surface area (Å²) in [5.41, 5.74) is 0.524. The standard InChI is InChI=1S/C17H14FNO5/c1-10(24-17(21)11-3-2-4-12(18)7-11)16(20)19-13-5-6-14-15(8-13)23-9-22-14/h2-8,10H,9H2,1H3,(H,19,20). The molecule has 24 heavy (non-hydrogen) atoms. The van der Waals surface area contributed by atoms with Gasteiger partial charge in [-0.15, -0.1) is 0 Å². The number of hydrogen-bond acceptors (Lipinski definition) is 5. The highest BCUT2D eigenvalue weighted by Crippen LogP contribution is 2.34. The van der Waals surface area contributed by atoms with Crippen molar-refractivity contribution in [2.75, 3.05) is 12.1 Å². The van der Waals surface area contributed by atoms with E-state index in [2.05, 4.69) is 5.32 Å². The van der Waals surface area contributed by atoms with E-state index in [1.165, 1.54) is 25.1 Å². The van der Waals surface area contributed by atoms with Crippen LogP contribution in [0.25, 0.3) is 0 Å². The fourth-order valence-corrected chi connectivity index (χ4v) is 2.12. The van der Waals surface area contributed by atoms with Gasteiger partial charge in [0.05, 0.1) is 5.56 Å². The minimum absolute atomic E-state index is 0.0396. The maximum atomic E-state index is 13.1. The zero-order valence-corrected chi connectivity index (χ0v) is 12.7. The van der Waals surface area contributed by atoms with Gasteiger partial charge in [0.1, 0.15) is 5.82 Å². The number of anilines is 1. The lowest BCUT2D eigenvalue weighted by atomic mass is 10.2. The fraction of sp³-hybridized carbons (Fsp3) is 0.176. The van der Waals surface area contributed by atoms with Gasteiger partial charge < -0.3 is 19.5 Å². The molecule has 1 aliphatic rings. The molecule has 3 rings (SSSR count). The Morgan fingerprint density at radius 1 is 1.17 bits per heavy atom. The first-order valence-electron chi connectivity index (χ1n) is 7.20. The predicted octanol–water partition coefficient (Wildman–Crippen LogP) is 2.74. The maximum absolute atomic E-state index is 13.1. The van der Waals surface area contributed by atoms with E-state index in [1.54, 1.807) is 18.2 Å². The van der Waals surface area contributed by atoms with Crippen LogP contribution in [0.5, 0.6) is 11.5 Å². The second-order valence-electron chi connectivity index (χ2n) is 5.12. The van der Waals surface area contributed by atoms with Crippen molar-refractivity contribution in [1.29, 1.82) is 0 Å². The summed E-state index contributed by atoms with van der Waals surface area (Å²) in [5, 5.41) is 2.61. The number of hydrogen-bond donors (Lipinski definition) is 1. The van der Waals surface area contributed by atoms with Crippen molar-refractivity contribution in [3.8, 4) is 11.5 Å². The quantitative estimate of drug-likeness (QED) is 0.872. The molecule has 6 nitrogen and oxygen atoms in total. The van der Waals surface area contributed by atoms with Crippen molar-refractivity contribution in [2.24, 2.45) is 0 Å². The van der Waals surface area contributed by atoms with Crippen molar-refractivity contribution in [2.45, 2.75) is 13.0 Å². The lowest BCUT2D eigenvalue weighted by Crippen LogP contribution is -2.30. The molecule has 0 aliphatic carbocycles. The summed E-state index contributed by atoms with van der Waals surface area (Å²) in [5.74, 6) is -0.723. The Morgan fingerprint density at radius 3 is 2.75 bits per heavy atom. The number of fused-ring (bicyclic) bond motifs is 1. The van der Waals surface area contributed by atoms with Gasteiger partial charge in [0, 0.05) is 11.8 Å². The molecule has 1 amide bonds. The summed E-state index contributed by atoms with van der Waals surface area (Å²) in [7, 11) is 0. The Morgan fingerprint density at radius 2 is 1.96 bits per heavy atom. The molecule has 0 radical (unpaired) electrons. The van der Waals surface area contributed by atoms with E-state index in [1.807, 2.05) is 0 Å².